The average molecular weight is 481 g/mol. The molecule has 2 heterocycles. The van der Waals surface area contributed by atoms with Crippen LogP contribution in [0.25, 0.3) is 16.6 Å². The minimum atomic E-state index is -0.293. The second-order valence-electron chi connectivity index (χ2n) is 7.41. The van der Waals surface area contributed by atoms with Crippen LogP contribution in [-0.4, -0.2) is 20.4 Å². The molecule has 31 heavy (non-hydrogen) atoms. The zero-order valence-corrected chi connectivity index (χ0v) is 19.1. The van der Waals surface area contributed by atoms with Crippen molar-refractivity contribution in [2.24, 2.45) is 5.10 Å². The van der Waals surface area contributed by atoms with Crippen molar-refractivity contribution in [1.29, 1.82) is 0 Å². The van der Waals surface area contributed by atoms with Gasteiger partial charge in [0, 0.05) is 27.8 Å². The maximum absolute atomic E-state index is 14.4. The van der Waals surface area contributed by atoms with Gasteiger partial charge in [0.1, 0.15) is 11.6 Å². The van der Waals surface area contributed by atoms with Crippen LogP contribution in [0.1, 0.15) is 36.1 Å². The first-order valence-corrected chi connectivity index (χ1v) is 10.9. The Hall–Kier alpha value is -3.06. The lowest BCUT2D eigenvalue weighted by Gasteiger charge is -2.10. The van der Waals surface area contributed by atoms with Crippen LogP contribution >= 0.6 is 15.9 Å². The SMILES string of the molecule is CCCc1nc2ccc(Br)cc2c(=O)n1N=Cc1cc(C)n(-c2ccccc2F)c1C. The number of aryl methyl sites for hydroxylation is 2. The van der Waals surface area contributed by atoms with E-state index in [4.69, 9.17) is 0 Å². The monoisotopic (exact) mass is 480 g/mol. The van der Waals surface area contributed by atoms with Gasteiger partial charge in [-0.3, -0.25) is 4.79 Å². The molecule has 2 aromatic heterocycles. The quantitative estimate of drug-likeness (QED) is 0.352. The maximum atomic E-state index is 14.4. The summed E-state index contributed by atoms with van der Waals surface area (Å²) in [5.74, 6) is 0.319. The Balaban J connectivity index is 1.83. The van der Waals surface area contributed by atoms with Crippen LogP contribution in [0.3, 0.4) is 0 Å². The number of halogens is 2. The zero-order chi connectivity index (χ0) is 22.1. The molecule has 0 aliphatic heterocycles. The van der Waals surface area contributed by atoms with Gasteiger partial charge >= 0.3 is 0 Å². The first-order valence-electron chi connectivity index (χ1n) is 10.1. The van der Waals surface area contributed by atoms with E-state index in [-0.39, 0.29) is 11.4 Å². The fourth-order valence-corrected chi connectivity index (χ4v) is 4.10. The zero-order valence-electron chi connectivity index (χ0n) is 17.6. The molecule has 5 nitrogen and oxygen atoms in total. The summed E-state index contributed by atoms with van der Waals surface area (Å²) < 4.78 is 18.4. The molecule has 0 bridgehead atoms. The van der Waals surface area contributed by atoms with Gasteiger partial charge < -0.3 is 4.57 Å². The van der Waals surface area contributed by atoms with Gasteiger partial charge in [0.25, 0.3) is 5.56 Å². The number of rotatable bonds is 5. The van der Waals surface area contributed by atoms with E-state index in [0.29, 0.717) is 28.8 Å². The van der Waals surface area contributed by atoms with Gasteiger partial charge in [-0.2, -0.15) is 9.78 Å². The van der Waals surface area contributed by atoms with E-state index in [0.717, 1.165) is 27.8 Å². The highest BCUT2D eigenvalue weighted by Gasteiger charge is 2.14. The Labute approximate surface area is 188 Å². The third kappa shape index (κ3) is 3.97. The minimum Gasteiger partial charge on any atom is -0.315 e. The van der Waals surface area contributed by atoms with Gasteiger partial charge in [0.05, 0.1) is 22.8 Å². The van der Waals surface area contributed by atoms with Gasteiger partial charge in [-0.05, 0) is 56.7 Å². The third-order valence-electron chi connectivity index (χ3n) is 5.22. The molecule has 158 valence electrons. The molecule has 0 spiro atoms. The van der Waals surface area contributed by atoms with E-state index in [1.54, 1.807) is 30.5 Å². The molecule has 7 heteroatoms. The van der Waals surface area contributed by atoms with Crippen molar-refractivity contribution in [3.63, 3.8) is 0 Å². The summed E-state index contributed by atoms with van der Waals surface area (Å²) in [5.41, 5.74) is 3.45. The predicted octanol–water partition coefficient (Wildman–Crippen LogP) is 5.54. The molecule has 0 unspecified atom stereocenters. The molecule has 4 aromatic rings. The largest absolute Gasteiger partial charge is 0.315 e. The molecule has 0 fully saturated rings. The first kappa shape index (κ1) is 21.2. The van der Waals surface area contributed by atoms with Crippen molar-refractivity contribution in [1.82, 2.24) is 14.2 Å². The van der Waals surface area contributed by atoms with Crippen molar-refractivity contribution in [2.75, 3.05) is 0 Å². The van der Waals surface area contributed by atoms with Gasteiger partial charge in [-0.1, -0.05) is 35.0 Å². The second kappa shape index (κ2) is 8.59. The molecule has 0 aliphatic carbocycles. The number of fused-ring (bicyclic) bond motifs is 1. The van der Waals surface area contributed by atoms with Crippen LogP contribution in [0.4, 0.5) is 4.39 Å². The first-order chi connectivity index (χ1) is 14.9. The number of aromatic nitrogens is 3. The Morgan fingerprint density at radius 1 is 1.16 bits per heavy atom. The summed E-state index contributed by atoms with van der Waals surface area (Å²) >= 11 is 3.42. The third-order valence-corrected chi connectivity index (χ3v) is 5.72. The van der Waals surface area contributed by atoms with Crippen LogP contribution in [-0.2, 0) is 6.42 Å². The van der Waals surface area contributed by atoms with E-state index in [2.05, 4.69) is 26.0 Å². The van der Waals surface area contributed by atoms with Gasteiger partial charge in [0.15, 0.2) is 0 Å². The van der Waals surface area contributed by atoms with E-state index in [9.17, 15) is 9.18 Å². The molecule has 0 radical (unpaired) electrons. The molecule has 2 aromatic carbocycles. The second-order valence-corrected chi connectivity index (χ2v) is 8.33. The summed E-state index contributed by atoms with van der Waals surface area (Å²) in [7, 11) is 0. The van der Waals surface area contributed by atoms with Gasteiger partial charge in [0.2, 0.25) is 0 Å². The highest BCUT2D eigenvalue weighted by Crippen LogP contribution is 2.22. The molecule has 0 saturated heterocycles. The summed E-state index contributed by atoms with van der Waals surface area (Å²) in [6.45, 7) is 5.86. The fourth-order valence-electron chi connectivity index (χ4n) is 3.74. The van der Waals surface area contributed by atoms with Crippen molar-refractivity contribution in [3.8, 4) is 5.69 Å². The van der Waals surface area contributed by atoms with Crippen molar-refractivity contribution >= 4 is 33.0 Å². The standard InChI is InChI=1S/C24H22BrFN4O/c1-4-7-23-28-21-11-10-18(25)13-19(21)24(31)30(23)27-14-17-12-15(2)29(16(17)3)22-9-6-5-8-20(22)26/h5-6,8-14H,4,7H2,1-3H3. The molecule has 0 N–H and O–H groups in total. The van der Waals surface area contributed by atoms with Crippen LogP contribution in [0, 0.1) is 19.7 Å². The van der Waals surface area contributed by atoms with Gasteiger partial charge in [-0.25, -0.2) is 9.37 Å². The minimum absolute atomic E-state index is 0.214. The topological polar surface area (TPSA) is 52.2 Å². The normalized spacial score (nSPS) is 11.6. The van der Waals surface area contributed by atoms with E-state index < -0.39 is 0 Å². The van der Waals surface area contributed by atoms with Crippen LogP contribution in [0.5, 0.6) is 0 Å². The van der Waals surface area contributed by atoms with Crippen LogP contribution in [0.2, 0.25) is 0 Å². The Morgan fingerprint density at radius 2 is 1.94 bits per heavy atom. The Morgan fingerprint density at radius 3 is 2.68 bits per heavy atom. The van der Waals surface area contributed by atoms with E-state index in [1.807, 2.05) is 43.5 Å². The van der Waals surface area contributed by atoms with Crippen LogP contribution < -0.4 is 5.56 Å². The Bertz CT molecular complexity index is 1370. The lowest BCUT2D eigenvalue weighted by atomic mass is 10.2. The average Bonchev–Trinajstić information content (AvgIpc) is 3.02. The van der Waals surface area contributed by atoms with E-state index in [1.165, 1.54) is 10.7 Å². The van der Waals surface area contributed by atoms with Crippen molar-refractivity contribution in [2.45, 2.75) is 33.6 Å². The number of hydrogen-bond donors (Lipinski definition) is 0. The molecular weight excluding hydrogens is 459 g/mol. The van der Waals surface area contributed by atoms with Crippen LogP contribution in [0.15, 0.2) is 62.9 Å². The molecular formula is C24H22BrFN4O. The van der Waals surface area contributed by atoms with Gasteiger partial charge in [-0.15, -0.1) is 0 Å². The van der Waals surface area contributed by atoms with E-state index >= 15 is 0 Å². The summed E-state index contributed by atoms with van der Waals surface area (Å²) in [6.07, 6.45) is 3.12. The van der Waals surface area contributed by atoms with Crippen molar-refractivity contribution in [3.05, 3.63) is 92.0 Å². The molecule has 0 saturated carbocycles. The van der Waals surface area contributed by atoms with Crippen molar-refractivity contribution < 1.29 is 4.39 Å². The Kier molecular flexibility index (Phi) is 5.87. The molecule has 4 rings (SSSR count). The molecule has 0 atom stereocenters. The lowest BCUT2D eigenvalue weighted by Crippen LogP contribution is -2.22. The summed E-state index contributed by atoms with van der Waals surface area (Å²) in [5, 5.41) is 5.00. The number of nitrogens with zero attached hydrogens (tertiary/aromatic N) is 4. The maximum Gasteiger partial charge on any atom is 0.282 e. The molecule has 0 amide bonds. The fraction of sp³-hybridized carbons (Fsp3) is 0.208. The lowest BCUT2D eigenvalue weighted by molar-refractivity contribution is 0.616. The number of para-hydroxylation sites is 1. The molecule has 0 aliphatic rings. The predicted molar refractivity (Wildman–Crippen MR) is 126 cm³/mol. The summed E-state index contributed by atoms with van der Waals surface area (Å²) in [6, 6.07) is 14.0. The number of benzene rings is 2. The smallest absolute Gasteiger partial charge is 0.282 e. The highest BCUT2D eigenvalue weighted by atomic mass is 79.9. The summed E-state index contributed by atoms with van der Waals surface area (Å²) in [4.78, 5) is 17.8. The number of hydrogen-bond acceptors (Lipinski definition) is 3. The highest BCUT2D eigenvalue weighted by molar-refractivity contribution is 9.10.